The summed E-state index contributed by atoms with van der Waals surface area (Å²) < 4.78 is 44.1. The Morgan fingerprint density at radius 1 is 1.09 bits per heavy atom. The monoisotopic (exact) mass is 488 g/mol. The lowest BCUT2D eigenvalue weighted by atomic mass is 10.1. The van der Waals surface area contributed by atoms with E-state index >= 15 is 0 Å². The van der Waals surface area contributed by atoms with Crippen molar-refractivity contribution < 1.29 is 17.6 Å². The summed E-state index contributed by atoms with van der Waals surface area (Å²) >= 11 is 1.19. The minimum absolute atomic E-state index is 0.00622. The van der Waals surface area contributed by atoms with Crippen molar-refractivity contribution in [3.05, 3.63) is 81.9 Å². The average molecular weight is 489 g/mol. The highest BCUT2D eigenvalue weighted by Gasteiger charge is 2.21. The van der Waals surface area contributed by atoms with Crippen LogP contribution in [-0.2, 0) is 16.6 Å². The van der Waals surface area contributed by atoms with Crippen LogP contribution in [0.15, 0.2) is 69.4 Å². The fraction of sp³-hybridized carbons (Fsp3) is 0.304. The van der Waals surface area contributed by atoms with Gasteiger partial charge in [0.1, 0.15) is 5.82 Å². The number of carbonyl (C=O) groups is 1. The minimum Gasteiger partial charge on any atom is -0.336 e. The molecule has 7 nitrogen and oxygen atoms in total. The highest BCUT2D eigenvalue weighted by molar-refractivity contribution is 7.90. The Balaban J connectivity index is 1.53. The lowest BCUT2D eigenvalue weighted by Gasteiger charge is -2.34. The van der Waals surface area contributed by atoms with Gasteiger partial charge in [-0.05, 0) is 48.5 Å². The van der Waals surface area contributed by atoms with Crippen LogP contribution in [0.1, 0.15) is 22.8 Å². The number of aromatic nitrogens is 1. The Morgan fingerprint density at radius 2 is 1.82 bits per heavy atom. The zero-order valence-corrected chi connectivity index (χ0v) is 19.9. The molecule has 1 aliphatic heterocycles. The fourth-order valence-corrected chi connectivity index (χ4v) is 5.65. The molecule has 174 valence electrons. The van der Waals surface area contributed by atoms with E-state index in [0.717, 1.165) is 37.3 Å². The van der Waals surface area contributed by atoms with Crippen molar-refractivity contribution in [2.24, 2.45) is 4.40 Å². The van der Waals surface area contributed by atoms with E-state index in [1.165, 1.54) is 23.5 Å². The SMILES string of the molecule is CCN1CCN(C(=O)c2cccc(Cn3ccs/c3=N\S(=O)(=O)c3ccc(F)cc3)c2)CC1. The Morgan fingerprint density at radius 3 is 2.52 bits per heavy atom. The third-order valence-electron chi connectivity index (χ3n) is 5.60. The molecule has 0 aliphatic carbocycles. The van der Waals surface area contributed by atoms with E-state index in [1.54, 1.807) is 22.2 Å². The summed E-state index contributed by atoms with van der Waals surface area (Å²) in [7, 11) is -3.97. The van der Waals surface area contributed by atoms with Crippen LogP contribution in [0.5, 0.6) is 0 Å². The van der Waals surface area contributed by atoms with Crippen molar-refractivity contribution in [1.82, 2.24) is 14.4 Å². The van der Waals surface area contributed by atoms with Gasteiger partial charge in [-0.3, -0.25) is 4.79 Å². The molecule has 0 N–H and O–H groups in total. The number of benzene rings is 2. The molecule has 0 bridgehead atoms. The molecule has 4 rings (SSSR count). The highest BCUT2D eigenvalue weighted by Crippen LogP contribution is 2.14. The molecule has 1 amide bonds. The topological polar surface area (TPSA) is 75.0 Å². The average Bonchev–Trinajstić information content (AvgIpc) is 3.24. The first kappa shape index (κ1) is 23.3. The molecule has 1 fully saturated rings. The number of nitrogens with zero attached hydrogens (tertiary/aromatic N) is 4. The normalized spacial score (nSPS) is 15.7. The van der Waals surface area contributed by atoms with Crippen LogP contribution in [-0.4, -0.2) is 61.4 Å². The quantitative estimate of drug-likeness (QED) is 0.535. The first-order chi connectivity index (χ1) is 15.9. The molecule has 0 unspecified atom stereocenters. The van der Waals surface area contributed by atoms with Crippen molar-refractivity contribution in [2.45, 2.75) is 18.4 Å². The Hall–Kier alpha value is -2.82. The van der Waals surface area contributed by atoms with E-state index in [9.17, 15) is 17.6 Å². The Labute approximate surface area is 196 Å². The maximum absolute atomic E-state index is 13.1. The second-order valence-corrected chi connectivity index (χ2v) is 10.2. The highest BCUT2D eigenvalue weighted by atomic mass is 32.2. The lowest BCUT2D eigenvalue weighted by molar-refractivity contribution is 0.0643. The van der Waals surface area contributed by atoms with Gasteiger partial charge < -0.3 is 14.4 Å². The van der Waals surface area contributed by atoms with E-state index in [0.29, 0.717) is 30.0 Å². The van der Waals surface area contributed by atoms with Crippen molar-refractivity contribution in [3.63, 3.8) is 0 Å². The lowest BCUT2D eigenvalue weighted by Crippen LogP contribution is -2.48. The van der Waals surface area contributed by atoms with Crippen LogP contribution in [0.25, 0.3) is 0 Å². The van der Waals surface area contributed by atoms with E-state index in [1.807, 2.05) is 23.1 Å². The van der Waals surface area contributed by atoms with Crippen LogP contribution in [0.3, 0.4) is 0 Å². The summed E-state index contributed by atoms with van der Waals surface area (Å²) in [4.78, 5) is 17.4. The molecule has 0 spiro atoms. The smallest absolute Gasteiger partial charge is 0.285 e. The third-order valence-corrected chi connectivity index (χ3v) is 7.79. The van der Waals surface area contributed by atoms with E-state index in [4.69, 9.17) is 0 Å². The molecule has 1 aliphatic rings. The number of likely N-dealkylation sites (N-methyl/N-ethyl adjacent to an activating group) is 1. The van der Waals surface area contributed by atoms with Crippen molar-refractivity contribution in [1.29, 1.82) is 0 Å². The van der Waals surface area contributed by atoms with E-state index in [-0.39, 0.29) is 10.8 Å². The molecule has 33 heavy (non-hydrogen) atoms. The van der Waals surface area contributed by atoms with Gasteiger partial charge in [0.2, 0.25) is 4.80 Å². The van der Waals surface area contributed by atoms with Crippen LogP contribution in [0.4, 0.5) is 4.39 Å². The van der Waals surface area contributed by atoms with Crippen LogP contribution in [0.2, 0.25) is 0 Å². The Bertz CT molecular complexity index is 1290. The second-order valence-electron chi connectivity index (χ2n) is 7.76. The molecule has 1 aromatic heterocycles. The molecule has 1 saturated heterocycles. The van der Waals surface area contributed by atoms with Gasteiger partial charge in [-0.25, -0.2) is 4.39 Å². The molecule has 3 aromatic rings. The predicted octanol–water partition coefficient (Wildman–Crippen LogP) is 2.80. The van der Waals surface area contributed by atoms with E-state index < -0.39 is 15.8 Å². The first-order valence-corrected chi connectivity index (χ1v) is 13.0. The molecule has 2 heterocycles. The number of piperazine rings is 1. The van der Waals surface area contributed by atoms with Crippen LogP contribution in [0, 0.1) is 5.82 Å². The predicted molar refractivity (Wildman–Crippen MR) is 125 cm³/mol. The van der Waals surface area contributed by atoms with Crippen LogP contribution >= 0.6 is 11.3 Å². The van der Waals surface area contributed by atoms with Crippen molar-refractivity contribution in [2.75, 3.05) is 32.7 Å². The third kappa shape index (κ3) is 5.58. The number of halogens is 1. The second kappa shape index (κ2) is 9.98. The summed E-state index contributed by atoms with van der Waals surface area (Å²) in [6.45, 7) is 6.64. The number of thiazole rings is 1. The summed E-state index contributed by atoms with van der Waals surface area (Å²) in [5.74, 6) is -0.506. The summed E-state index contributed by atoms with van der Waals surface area (Å²) in [5.41, 5.74) is 1.48. The number of sulfonamides is 1. The number of hydrogen-bond donors (Lipinski definition) is 0. The van der Waals surface area contributed by atoms with E-state index in [2.05, 4.69) is 16.2 Å². The zero-order chi connectivity index (χ0) is 23.4. The summed E-state index contributed by atoms with van der Waals surface area (Å²) in [6.07, 6.45) is 1.75. The van der Waals surface area contributed by atoms with Gasteiger partial charge in [-0.1, -0.05) is 19.1 Å². The number of rotatable bonds is 6. The summed E-state index contributed by atoms with van der Waals surface area (Å²) in [5, 5.41) is 1.75. The van der Waals surface area contributed by atoms with Crippen molar-refractivity contribution in [3.8, 4) is 0 Å². The molecule has 0 atom stereocenters. The molecule has 0 saturated carbocycles. The van der Waals surface area contributed by atoms with Gasteiger partial charge in [0.15, 0.2) is 0 Å². The number of amides is 1. The number of carbonyl (C=O) groups excluding carboxylic acids is 1. The molecular formula is C23H25FN4O3S2. The minimum atomic E-state index is -3.97. The maximum atomic E-state index is 13.1. The van der Waals surface area contributed by atoms with Crippen LogP contribution < -0.4 is 4.80 Å². The maximum Gasteiger partial charge on any atom is 0.285 e. The van der Waals surface area contributed by atoms with Gasteiger partial charge in [-0.15, -0.1) is 15.7 Å². The molecular weight excluding hydrogens is 463 g/mol. The molecule has 0 radical (unpaired) electrons. The van der Waals surface area contributed by atoms with Gasteiger partial charge in [0, 0.05) is 49.9 Å². The largest absolute Gasteiger partial charge is 0.336 e. The van der Waals surface area contributed by atoms with Gasteiger partial charge in [0.25, 0.3) is 15.9 Å². The van der Waals surface area contributed by atoms with Gasteiger partial charge >= 0.3 is 0 Å². The summed E-state index contributed by atoms with van der Waals surface area (Å²) in [6, 6.07) is 12.0. The standard InChI is InChI=1S/C23H25FN4O3S2/c1-2-26-10-12-27(13-11-26)22(29)19-5-3-4-18(16-19)17-28-14-15-32-23(28)25-33(30,31)21-8-6-20(24)7-9-21/h3-9,14-16H,2,10-13,17H2,1H3/b25-23-. The number of hydrogen-bond acceptors (Lipinski definition) is 5. The zero-order valence-electron chi connectivity index (χ0n) is 18.2. The molecule has 2 aromatic carbocycles. The Kier molecular flexibility index (Phi) is 7.06. The first-order valence-electron chi connectivity index (χ1n) is 10.7. The fourth-order valence-electron chi connectivity index (χ4n) is 3.70. The van der Waals surface area contributed by atoms with Gasteiger partial charge in [-0.2, -0.15) is 8.42 Å². The van der Waals surface area contributed by atoms with Crippen molar-refractivity contribution >= 4 is 27.3 Å². The molecule has 10 heteroatoms. The van der Waals surface area contributed by atoms with Gasteiger partial charge in [0.05, 0.1) is 4.90 Å².